The van der Waals surface area contributed by atoms with Gasteiger partial charge in [0.15, 0.2) is 0 Å². The fourth-order valence-electron chi connectivity index (χ4n) is 2.59. The summed E-state index contributed by atoms with van der Waals surface area (Å²) < 4.78 is 5.26. The number of hydrogen-bond donors (Lipinski definition) is 3. The van der Waals surface area contributed by atoms with Crippen molar-refractivity contribution in [3.63, 3.8) is 0 Å². The van der Waals surface area contributed by atoms with Crippen molar-refractivity contribution in [2.24, 2.45) is 0 Å². The number of H-pyrrole nitrogens is 1. The summed E-state index contributed by atoms with van der Waals surface area (Å²) >= 11 is 0. The van der Waals surface area contributed by atoms with E-state index >= 15 is 0 Å². The molecule has 0 saturated heterocycles. The van der Waals surface area contributed by atoms with Crippen LogP contribution in [0.15, 0.2) is 18.3 Å². The molecule has 0 atom stereocenters. The Morgan fingerprint density at radius 1 is 1.14 bits per heavy atom. The Morgan fingerprint density at radius 2 is 1.73 bits per heavy atom. The molecule has 0 unspecified atom stereocenters. The normalized spacial score (nSPS) is 22.0. The van der Waals surface area contributed by atoms with Crippen molar-refractivity contribution in [1.29, 1.82) is 0 Å². The predicted octanol–water partition coefficient (Wildman–Crippen LogP) is 2.58. The van der Waals surface area contributed by atoms with Crippen molar-refractivity contribution in [2.45, 2.75) is 64.1 Å². The molecule has 2 rings (SSSR count). The van der Waals surface area contributed by atoms with Gasteiger partial charge in [-0.25, -0.2) is 4.79 Å². The first kappa shape index (κ1) is 16.4. The predicted molar refractivity (Wildman–Crippen MR) is 83.7 cm³/mol. The van der Waals surface area contributed by atoms with Crippen LogP contribution in [-0.4, -0.2) is 34.7 Å². The second-order valence-electron chi connectivity index (χ2n) is 6.75. The van der Waals surface area contributed by atoms with Gasteiger partial charge < -0.3 is 20.4 Å². The number of carbonyl (C=O) groups is 2. The number of ether oxygens (including phenoxy) is 1. The largest absolute Gasteiger partial charge is 0.444 e. The standard InChI is InChI=1S/C16H25N3O3/c1-16(2,3)22-15(21)19-12-8-6-11(7-9-12)18-14(20)13-5-4-10-17-13/h4-5,10-12,17H,6-9H2,1-3H3,(H,18,20)(H,19,21). The molecule has 2 amide bonds. The number of aromatic nitrogens is 1. The lowest BCUT2D eigenvalue weighted by Crippen LogP contribution is -2.45. The lowest BCUT2D eigenvalue weighted by Gasteiger charge is -2.30. The van der Waals surface area contributed by atoms with Crippen LogP contribution in [0.25, 0.3) is 0 Å². The number of carbonyl (C=O) groups excluding carboxylic acids is 2. The number of aromatic amines is 1. The van der Waals surface area contributed by atoms with E-state index in [0.717, 1.165) is 25.7 Å². The molecule has 22 heavy (non-hydrogen) atoms. The van der Waals surface area contributed by atoms with Crippen LogP contribution >= 0.6 is 0 Å². The molecule has 1 aliphatic carbocycles. The van der Waals surface area contributed by atoms with Crippen molar-refractivity contribution in [1.82, 2.24) is 15.6 Å². The van der Waals surface area contributed by atoms with Crippen molar-refractivity contribution in [2.75, 3.05) is 0 Å². The van der Waals surface area contributed by atoms with Crippen LogP contribution < -0.4 is 10.6 Å². The van der Waals surface area contributed by atoms with Crippen LogP contribution in [0, 0.1) is 0 Å². The summed E-state index contributed by atoms with van der Waals surface area (Å²) in [6.07, 6.45) is 4.76. The van der Waals surface area contributed by atoms with E-state index in [0.29, 0.717) is 5.69 Å². The minimum absolute atomic E-state index is 0.0754. The summed E-state index contributed by atoms with van der Waals surface area (Å²) in [7, 11) is 0. The average molecular weight is 307 g/mol. The molecule has 6 nitrogen and oxygen atoms in total. The van der Waals surface area contributed by atoms with Gasteiger partial charge >= 0.3 is 6.09 Å². The van der Waals surface area contributed by atoms with Gasteiger partial charge in [-0.1, -0.05) is 0 Å². The molecule has 1 fully saturated rings. The zero-order valence-corrected chi connectivity index (χ0v) is 13.4. The van der Waals surface area contributed by atoms with E-state index in [9.17, 15) is 9.59 Å². The van der Waals surface area contributed by atoms with E-state index in [1.54, 1.807) is 18.3 Å². The second-order valence-corrected chi connectivity index (χ2v) is 6.75. The van der Waals surface area contributed by atoms with Gasteiger partial charge in [0.05, 0.1) is 0 Å². The number of nitrogens with one attached hydrogen (secondary N) is 3. The van der Waals surface area contributed by atoms with Gasteiger partial charge in [0.1, 0.15) is 11.3 Å². The van der Waals surface area contributed by atoms with E-state index in [2.05, 4.69) is 15.6 Å². The topological polar surface area (TPSA) is 83.2 Å². The maximum Gasteiger partial charge on any atom is 0.407 e. The molecule has 1 aromatic rings. The third kappa shape index (κ3) is 5.09. The first-order chi connectivity index (χ1) is 10.3. The van der Waals surface area contributed by atoms with Gasteiger partial charge in [0.25, 0.3) is 5.91 Å². The Kier molecular flexibility index (Phi) is 5.11. The van der Waals surface area contributed by atoms with Crippen molar-refractivity contribution in [3.05, 3.63) is 24.0 Å². The summed E-state index contributed by atoms with van der Waals surface area (Å²) in [6, 6.07) is 3.84. The minimum Gasteiger partial charge on any atom is -0.444 e. The van der Waals surface area contributed by atoms with Gasteiger partial charge in [0, 0.05) is 18.3 Å². The molecule has 1 heterocycles. The maximum atomic E-state index is 12.0. The van der Waals surface area contributed by atoms with Crippen LogP contribution in [0.5, 0.6) is 0 Å². The highest BCUT2D eigenvalue weighted by molar-refractivity contribution is 5.92. The summed E-state index contributed by atoms with van der Waals surface area (Å²) in [5.41, 5.74) is 0.0969. The van der Waals surface area contributed by atoms with Crippen molar-refractivity contribution >= 4 is 12.0 Å². The first-order valence-corrected chi connectivity index (χ1v) is 7.77. The summed E-state index contributed by atoms with van der Waals surface area (Å²) in [4.78, 5) is 26.6. The van der Waals surface area contributed by atoms with Gasteiger partial charge in [-0.05, 0) is 58.6 Å². The lowest BCUT2D eigenvalue weighted by atomic mass is 9.91. The minimum atomic E-state index is -0.481. The molecule has 3 N–H and O–H groups in total. The smallest absolute Gasteiger partial charge is 0.407 e. The van der Waals surface area contributed by atoms with Gasteiger partial charge in [-0.15, -0.1) is 0 Å². The molecule has 0 aromatic carbocycles. The Labute approximate surface area is 131 Å². The first-order valence-electron chi connectivity index (χ1n) is 7.77. The molecule has 1 aliphatic rings. The zero-order chi connectivity index (χ0) is 16.2. The van der Waals surface area contributed by atoms with E-state index in [1.165, 1.54) is 0 Å². The summed E-state index contributed by atoms with van der Waals surface area (Å²) in [6.45, 7) is 5.54. The van der Waals surface area contributed by atoms with Crippen LogP contribution in [0.3, 0.4) is 0 Å². The highest BCUT2D eigenvalue weighted by Crippen LogP contribution is 2.19. The molecule has 6 heteroatoms. The lowest BCUT2D eigenvalue weighted by molar-refractivity contribution is 0.0488. The number of rotatable bonds is 3. The Balaban J connectivity index is 1.72. The fourth-order valence-corrected chi connectivity index (χ4v) is 2.59. The Hall–Kier alpha value is -1.98. The third-order valence-electron chi connectivity index (χ3n) is 3.63. The molecule has 122 valence electrons. The van der Waals surface area contributed by atoms with E-state index in [1.807, 2.05) is 20.8 Å². The van der Waals surface area contributed by atoms with Crippen LogP contribution in [0.2, 0.25) is 0 Å². The molecule has 0 bridgehead atoms. The number of amides is 2. The van der Waals surface area contributed by atoms with Crippen LogP contribution in [0.4, 0.5) is 4.79 Å². The van der Waals surface area contributed by atoms with Crippen LogP contribution in [-0.2, 0) is 4.74 Å². The van der Waals surface area contributed by atoms with E-state index < -0.39 is 5.60 Å². The molecule has 0 aliphatic heterocycles. The monoisotopic (exact) mass is 307 g/mol. The Bertz CT molecular complexity index is 497. The third-order valence-corrected chi connectivity index (χ3v) is 3.63. The van der Waals surface area contributed by atoms with Crippen molar-refractivity contribution in [3.8, 4) is 0 Å². The molecule has 1 saturated carbocycles. The Morgan fingerprint density at radius 3 is 2.23 bits per heavy atom. The fraction of sp³-hybridized carbons (Fsp3) is 0.625. The second kappa shape index (κ2) is 6.85. The highest BCUT2D eigenvalue weighted by atomic mass is 16.6. The average Bonchev–Trinajstić information content (AvgIpc) is 2.92. The number of alkyl carbamates (subject to hydrolysis) is 1. The van der Waals surface area contributed by atoms with Gasteiger partial charge in [0.2, 0.25) is 0 Å². The molecular weight excluding hydrogens is 282 g/mol. The highest BCUT2D eigenvalue weighted by Gasteiger charge is 2.25. The number of hydrogen-bond acceptors (Lipinski definition) is 3. The van der Waals surface area contributed by atoms with Gasteiger partial charge in [-0.2, -0.15) is 0 Å². The zero-order valence-electron chi connectivity index (χ0n) is 13.4. The quantitative estimate of drug-likeness (QED) is 0.802. The van der Waals surface area contributed by atoms with E-state index in [4.69, 9.17) is 4.74 Å². The maximum absolute atomic E-state index is 12.0. The molecule has 0 spiro atoms. The molecule has 1 aromatic heterocycles. The molecule has 0 radical (unpaired) electrons. The van der Waals surface area contributed by atoms with E-state index in [-0.39, 0.29) is 24.1 Å². The SMILES string of the molecule is CC(C)(C)OC(=O)NC1CCC(NC(=O)c2ccc[nH]2)CC1. The van der Waals surface area contributed by atoms with Crippen LogP contribution in [0.1, 0.15) is 56.9 Å². The summed E-state index contributed by atoms with van der Waals surface area (Å²) in [5, 5.41) is 5.92. The summed E-state index contributed by atoms with van der Waals surface area (Å²) in [5.74, 6) is -0.0754. The van der Waals surface area contributed by atoms with Crippen molar-refractivity contribution < 1.29 is 14.3 Å². The molecular formula is C16H25N3O3. The van der Waals surface area contributed by atoms with Gasteiger partial charge in [-0.3, -0.25) is 4.79 Å².